The lowest BCUT2D eigenvalue weighted by Gasteiger charge is -2.41. The summed E-state index contributed by atoms with van der Waals surface area (Å²) in [6.07, 6.45) is 2.74. The first-order valence-corrected chi connectivity index (χ1v) is 6.01. The molecule has 1 saturated carbocycles. The van der Waals surface area contributed by atoms with Gasteiger partial charge in [0, 0.05) is 5.88 Å². The number of hydrogen-bond acceptors (Lipinski definition) is 3. The van der Waals surface area contributed by atoms with Crippen molar-refractivity contribution >= 4 is 17.5 Å². The molecule has 0 saturated heterocycles. The molecule has 5 heteroatoms. The molecule has 0 radical (unpaired) electrons. The summed E-state index contributed by atoms with van der Waals surface area (Å²) in [5.74, 6) is -0.739. The van der Waals surface area contributed by atoms with Crippen LogP contribution in [0.15, 0.2) is 18.2 Å². The van der Waals surface area contributed by atoms with E-state index in [2.05, 4.69) is 5.32 Å². The van der Waals surface area contributed by atoms with E-state index >= 15 is 0 Å². The number of hydrogen-bond donors (Lipinski definition) is 3. The Hall–Kier alpha value is -1.42. The Morgan fingerprint density at radius 3 is 2.65 bits per heavy atom. The first-order valence-electron chi connectivity index (χ1n) is 5.47. The van der Waals surface area contributed by atoms with Gasteiger partial charge < -0.3 is 15.5 Å². The van der Waals surface area contributed by atoms with Crippen molar-refractivity contribution in [3.63, 3.8) is 0 Å². The zero-order valence-corrected chi connectivity index (χ0v) is 10.00. The van der Waals surface area contributed by atoms with E-state index < -0.39 is 11.7 Å². The SMILES string of the molecule is O=C(NC1(CCl)CCC1)c1cccc(O)c1O. The van der Waals surface area contributed by atoms with Crippen LogP contribution >= 0.6 is 11.6 Å². The van der Waals surface area contributed by atoms with Gasteiger partial charge in [0.15, 0.2) is 11.5 Å². The molecule has 4 nitrogen and oxygen atoms in total. The lowest BCUT2D eigenvalue weighted by molar-refractivity contribution is 0.0850. The zero-order chi connectivity index (χ0) is 12.5. The summed E-state index contributed by atoms with van der Waals surface area (Å²) in [5, 5.41) is 21.7. The third kappa shape index (κ3) is 2.17. The number of carbonyl (C=O) groups excluding carboxylic acids is 1. The molecule has 1 fully saturated rings. The van der Waals surface area contributed by atoms with Gasteiger partial charge in [0.1, 0.15) is 0 Å². The average Bonchev–Trinajstić information content (AvgIpc) is 2.27. The third-order valence-corrected chi connectivity index (χ3v) is 3.72. The number of amides is 1. The van der Waals surface area contributed by atoms with E-state index in [4.69, 9.17) is 11.6 Å². The normalized spacial score (nSPS) is 17.2. The molecular weight excluding hydrogens is 242 g/mol. The van der Waals surface area contributed by atoms with Crippen molar-refractivity contribution in [3.05, 3.63) is 23.8 Å². The highest BCUT2D eigenvalue weighted by Gasteiger charge is 2.38. The van der Waals surface area contributed by atoms with Crippen LogP contribution in [-0.4, -0.2) is 27.5 Å². The molecule has 1 amide bonds. The third-order valence-electron chi connectivity index (χ3n) is 3.20. The van der Waals surface area contributed by atoms with Crippen LogP contribution in [0.3, 0.4) is 0 Å². The van der Waals surface area contributed by atoms with Crippen LogP contribution < -0.4 is 5.32 Å². The van der Waals surface area contributed by atoms with Gasteiger partial charge >= 0.3 is 0 Å². The molecular formula is C12H14ClNO3. The van der Waals surface area contributed by atoms with Gasteiger partial charge in [0.05, 0.1) is 11.1 Å². The topological polar surface area (TPSA) is 69.6 Å². The number of aromatic hydroxyl groups is 2. The van der Waals surface area contributed by atoms with Crippen LogP contribution in [0.2, 0.25) is 0 Å². The molecule has 1 aromatic rings. The summed E-state index contributed by atoms with van der Waals surface area (Å²) in [7, 11) is 0. The number of nitrogens with one attached hydrogen (secondary N) is 1. The van der Waals surface area contributed by atoms with Gasteiger partial charge in [-0.3, -0.25) is 4.79 Å². The quantitative estimate of drug-likeness (QED) is 0.571. The maximum atomic E-state index is 11.9. The monoisotopic (exact) mass is 255 g/mol. The molecule has 0 spiro atoms. The van der Waals surface area contributed by atoms with Gasteiger partial charge in [0.25, 0.3) is 5.91 Å². The van der Waals surface area contributed by atoms with Crippen molar-refractivity contribution in [1.82, 2.24) is 5.32 Å². The Labute approximate surface area is 104 Å². The smallest absolute Gasteiger partial charge is 0.255 e. The summed E-state index contributed by atoms with van der Waals surface area (Å²) in [4.78, 5) is 11.9. The Balaban J connectivity index is 2.17. The van der Waals surface area contributed by atoms with Gasteiger partial charge in [-0.25, -0.2) is 0 Å². The zero-order valence-electron chi connectivity index (χ0n) is 9.24. The Morgan fingerprint density at radius 2 is 2.12 bits per heavy atom. The number of alkyl halides is 1. The Morgan fingerprint density at radius 1 is 1.41 bits per heavy atom. The molecule has 92 valence electrons. The van der Waals surface area contributed by atoms with Crippen LogP contribution in [0, 0.1) is 0 Å². The van der Waals surface area contributed by atoms with Gasteiger partial charge in [-0.05, 0) is 31.4 Å². The minimum Gasteiger partial charge on any atom is -0.504 e. The van der Waals surface area contributed by atoms with Crippen LogP contribution in [0.25, 0.3) is 0 Å². The first kappa shape index (κ1) is 12.0. The molecule has 17 heavy (non-hydrogen) atoms. The fourth-order valence-corrected chi connectivity index (χ4v) is 2.25. The lowest BCUT2D eigenvalue weighted by atomic mass is 9.78. The van der Waals surface area contributed by atoms with E-state index in [-0.39, 0.29) is 16.9 Å². The van der Waals surface area contributed by atoms with Crippen molar-refractivity contribution in [2.75, 3.05) is 5.88 Å². The first-order chi connectivity index (χ1) is 8.08. The van der Waals surface area contributed by atoms with Crippen molar-refractivity contribution < 1.29 is 15.0 Å². The summed E-state index contributed by atoms with van der Waals surface area (Å²) in [6, 6.07) is 4.30. The average molecular weight is 256 g/mol. The van der Waals surface area contributed by atoms with Crippen molar-refractivity contribution in [2.24, 2.45) is 0 Å². The van der Waals surface area contributed by atoms with E-state index in [9.17, 15) is 15.0 Å². The lowest BCUT2D eigenvalue weighted by Crippen LogP contribution is -2.55. The number of benzene rings is 1. The maximum absolute atomic E-state index is 11.9. The predicted molar refractivity (Wildman–Crippen MR) is 64.5 cm³/mol. The number of halogens is 1. The molecule has 1 aromatic carbocycles. The van der Waals surface area contributed by atoms with E-state index in [0.717, 1.165) is 19.3 Å². The molecule has 1 aliphatic carbocycles. The van der Waals surface area contributed by atoms with Gasteiger partial charge in [0.2, 0.25) is 0 Å². The Kier molecular flexibility index (Phi) is 3.15. The van der Waals surface area contributed by atoms with E-state index in [1.54, 1.807) is 0 Å². The molecule has 2 rings (SSSR count). The molecule has 0 bridgehead atoms. The van der Waals surface area contributed by atoms with E-state index in [1.165, 1.54) is 18.2 Å². The van der Waals surface area contributed by atoms with Gasteiger partial charge in [-0.2, -0.15) is 0 Å². The Bertz CT molecular complexity index is 438. The maximum Gasteiger partial charge on any atom is 0.255 e. The second kappa shape index (κ2) is 4.45. The number of phenols is 2. The van der Waals surface area contributed by atoms with Crippen molar-refractivity contribution in [2.45, 2.75) is 24.8 Å². The van der Waals surface area contributed by atoms with Gasteiger partial charge in [-0.1, -0.05) is 6.07 Å². The van der Waals surface area contributed by atoms with Crippen molar-refractivity contribution in [3.8, 4) is 11.5 Å². The second-order valence-electron chi connectivity index (χ2n) is 4.39. The molecule has 0 heterocycles. The summed E-state index contributed by atoms with van der Waals surface area (Å²) < 4.78 is 0. The number of rotatable bonds is 3. The molecule has 0 aliphatic heterocycles. The van der Waals surface area contributed by atoms with Crippen molar-refractivity contribution in [1.29, 1.82) is 0 Å². The molecule has 0 aromatic heterocycles. The highest BCUT2D eigenvalue weighted by Crippen LogP contribution is 2.34. The van der Waals surface area contributed by atoms with Crippen LogP contribution in [0.4, 0.5) is 0 Å². The fourth-order valence-electron chi connectivity index (χ4n) is 1.92. The van der Waals surface area contributed by atoms with E-state index in [1.807, 2.05) is 0 Å². The highest BCUT2D eigenvalue weighted by atomic mass is 35.5. The fraction of sp³-hybridized carbons (Fsp3) is 0.417. The summed E-state index contributed by atoms with van der Waals surface area (Å²) in [5.41, 5.74) is -0.280. The number of carbonyl (C=O) groups is 1. The predicted octanol–water partition coefficient (Wildman–Crippen LogP) is 1.99. The summed E-state index contributed by atoms with van der Waals surface area (Å²) in [6.45, 7) is 0. The minimum atomic E-state index is -0.404. The largest absolute Gasteiger partial charge is 0.504 e. The highest BCUT2D eigenvalue weighted by molar-refractivity contribution is 6.19. The van der Waals surface area contributed by atoms with Gasteiger partial charge in [-0.15, -0.1) is 11.6 Å². The molecule has 3 N–H and O–H groups in total. The number of phenolic OH excluding ortho intramolecular Hbond substituents is 2. The van der Waals surface area contributed by atoms with E-state index in [0.29, 0.717) is 5.88 Å². The summed E-state index contributed by atoms with van der Waals surface area (Å²) >= 11 is 5.84. The minimum absolute atomic E-state index is 0.0707. The van der Waals surface area contributed by atoms with Crippen LogP contribution in [0.5, 0.6) is 11.5 Å². The standard InChI is InChI=1S/C12H14ClNO3/c13-7-12(5-2-6-12)14-11(17)8-3-1-4-9(15)10(8)16/h1,3-4,15-16H,2,5-7H2,(H,14,17). The molecule has 0 atom stereocenters. The van der Waals surface area contributed by atoms with Crippen LogP contribution in [0.1, 0.15) is 29.6 Å². The number of para-hydroxylation sites is 1. The molecule has 1 aliphatic rings. The van der Waals surface area contributed by atoms with Crippen LogP contribution in [-0.2, 0) is 0 Å². The molecule has 0 unspecified atom stereocenters. The second-order valence-corrected chi connectivity index (χ2v) is 4.66.